The minimum atomic E-state index is -4.37. The molecule has 0 aliphatic rings. The van der Waals surface area contributed by atoms with Gasteiger partial charge in [-0.2, -0.15) is 8.78 Å². The zero-order chi connectivity index (χ0) is 14.4. The van der Waals surface area contributed by atoms with Gasteiger partial charge in [0.05, 0.1) is 5.52 Å². The van der Waals surface area contributed by atoms with Gasteiger partial charge >= 0.3 is 18.1 Å². The molecule has 0 aliphatic carbocycles. The first-order valence-electron chi connectivity index (χ1n) is 5.14. The Morgan fingerprint density at radius 1 is 1.37 bits per heavy atom. The molecule has 2 rings (SSSR count). The van der Waals surface area contributed by atoms with E-state index in [-0.39, 0.29) is 11.1 Å². The van der Waals surface area contributed by atoms with E-state index in [1.54, 1.807) is 0 Å². The Balaban J connectivity index is 2.50. The SMILES string of the molecule is Cn1c(=O)oc2cc(C(Cl)C(F)(F)C(F)F)ccc21. The fourth-order valence-corrected chi connectivity index (χ4v) is 1.87. The number of nitrogens with zero attached hydrogens (tertiary/aromatic N) is 1. The molecule has 0 aliphatic heterocycles. The first-order chi connectivity index (χ1) is 8.75. The van der Waals surface area contributed by atoms with Crippen molar-refractivity contribution in [3.05, 3.63) is 34.3 Å². The van der Waals surface area contributed by atoms with Crippen LogP contribution in [0.2, 0.25) is 0 Å². The zero-order valence-electron chi connectivity index (χ0n) is 9.54. The highest BCUT2D eigenvalue weighted by Crippen LogP contribution is 2.41. The van der Waals surface area contributed by atoms with Crippen LogP contribution in [0.15, 0.2) is 27.4 Å². The van der Waals surface area contributed by atoms with Crippen LogP contribution in [-0.2, 0) is 7.05 Å². The van der Waals surface area contributed by atoms with Crippen LogP contribution in [0.4, 0.5) is 17.6 Å². The maximum Gasteiger partial charge on any atom is 0.419 e. The molecule has 0 spiro atoms. The summed E-state index contributed by atoms with van der Waals surface area (Å²) in [6, 6.07) is 3.53. The second-order valence-electron chi connectivity index (χ2n) is 3.99. The maximum absolute atomic E-state index is 13.1. The highest BCUT2D eigenvalue weighted by molar-refractivity contribution is 6.21. The van der Waals surface area contributed by atoms with Gasteiger partial charge in [0.1, 0.15) is 5.38 Å². The van der Waals surface area contributed by atoms with Gasteiger partial charge in [-0.05, 0) is 17.7 Å². The average Bonchev–Trinajstić information content (AvgIpc) is 2.63. The molecular formula is C11H8ClF4NO2. The van der Waals surface area contributed by atoms with Crippen LogP contribution in [0, 0.1) is 0 Å². The molecule has 0 amide bonds. The summed E-state index contributed by atoms with van der Waals surface area (Å²) < 4.78 is 56.6. The van der Waals surface area contributed by atoms with Crippen LogP contribution in [-0.4, -0.2) is 16.9 Å². The number of aryl methyl sites for hydroxylation is 1. The summed E-state index contributed by atoms with van der Waals surface area (Å²) in [6.45, 7) is 0. The van der Waals surface area contributed by atoms with E-state index in [1.165, 1.54) is 13.1 Å². The smallest absolute Gasteiger partial charge is 0.408 e. The summed E-state index contributed by atoms with van der Waals surface area (Å²) in [7, 11) is 1.43. The van der Waals surface area contributed by atoms with Gasteiger partial charge in [0, 0.05) is 7.05 Å². The predicted octanol–water partition coefficient (Wildman–Crippen LogP) is 3.31. The van der Waals surface area contributed by atoms with E-state index in [0.717, 1.165) is 16.7 Å². The third-order valence-electron chi connectivity index (χ3n) is 2.74. The summed E-state index contributed by atoms with van der Waals surface area (Å²) in [5, 5.41) is -2.21. The molecule has 104 valence electrons. The Hall–Kier alpha value is -1.50. The van der Waals surface area contributed by atoms with Gasteiger partial charge in [0.15, 0.2) is 5.58 Å². The number of aromatic nitrogens is 1. The van der Waals surface area contributed by atoms with Crippen molar-refractivity contribution in [3.63, 3.8) is 0 Å². The number of rotatable bonds is 3. The van der Waals surface area contributed by atoms with Crippen LogP contribution in [0.25, 0.3) is 11.1 Å². The van der Waals surface area contributed by atoms with Crippen LogP contribution >= 0.6 is 11.6 Å². The lowest BCUT2D eigenvalue weighted by atomic mass is 10.1. The first-order valence-corrected chi connectivity index (χ1v) is 5.58. The topological polar surface area (TPSA) is 35.1 Å². The summed E-state index contributed by atoms with van der Waals surface area (Å²) >= 11 is 5.38. The van der Waals surface area contributed by atoms with Gasteiger partial charge in [-0.15, -0.1) is 11.6 Å². The minimum Gasteiger partial charge on any atom is -0.408 e. The minimum absolute atomic E-state index is 0.0146. The van der Waals surface area contributed by atoms with Crippen molar-refractivity contribution in [3.8, 4) is 0 Å². The van der Waals surface area contributed by atoms with Crippen molar-refractivity contribution < 1.29 is 22.0 Å². The Morgan fingerprint density at radius 3 is 2.58 bits per heavy atom. The quantitative estimate of drug-likeness (QED) is 0.643. The van der Waals surface area contributed by atoms with Crippen LogP contribution in [0.1, 0.15) is 10.9 Å². The molecule has 0 N–H and O–H groups in total. The Labute approximate surface area is 109 Å². The molecule has 0 radical (unpaired) electrons. The summed E-state index contributed by atoms with van der Waals surface area (Å²) in [6.07, 6.45) is -3.88. The van der Waals surface area contributed by atoms with Crippen molar-refractivity contribution in [2.45, 2.75) is 17.7 Å². The van der Waals surface area contributed by atoms with E-state index >= 15 is 0 Å². The first kappa shape index (κ1) is 13.9. The molecule has 1 aromatic heterocycles. The molecule has 0 saturated carbocycles. The number of fused-ring (bicyclic) bond motifs is 1. The number of hydrogen-bond donors (Lipinski definition) is 0. The molecule has 2 aromatic rings. The van der Waals surface area contributed by atoms with Crippen LogP contribution in [0.5, 0.6) is 0 Å². The fourth-order valence-electron chi connectivity index (χ4n) is 1.64. The van der Waals surface area contributed by atoms with Gasteiger partial charge < -0.3 is 4.42 Å². The van der Waals surface area contributed by atoms with Crippen molar-refractivity contribution in [2.75, 3.05) is 0 Å². The van der Waals surface area contributed by atoms with Crippen molar-refractivity contribution in [1.29, 1.82) is 0 Å². The molecule has 1 aromatic carbocycles. The van der Waals surface area contributed by atoms with Crippen molar-refractivity contribution in [1.82, 2.24) is 4.57 Å². The lowest BCUT2D eigenvalue weighted by molar-refractivity contribution is -0.130. The number of alkyl halides is 5. The van der Waals surface area contributed by atoms with Crippen LogP contribution < -0.4 is 5.76 Å². The molecular weight excluding hydrogens is 290 g/mol. The molecule has 1 atom stereocenters. The second kappa shape index (κ2) is 4.56. The van der Waals surface area contributed by atoms with Gasteiger partial charge in [0.25, 0.3) is 0 Å². The van der Waals surface area contributed by atoms with E-state index < -0.39 is 23.5 Å². The van der Waals surface area contributed by atoms with Crippen molar-refractivity contribution >= 4 is 22.7 Å². The Kier molecular flexibility index (Phi) is 3.34. The number of halogens is 5. The maximum atomic E-state index is 13.1. The third kappa shape index (κ3) is 2.22. The van der Waals surface area contributed by atoms with E-state index in [1.807, 2.05) is 0 Å². The normalized spacial score (nSPS) is 14.3. The molecule has 8 heteroatoms. The lowest BCUT2D eigenvalue weighted by Crippen LogP contribution is -2.31. The van der Waals surface area contributed by atoms with E-state index in [0.29, 0.717) is 5.52 Å². The Morgan fingerprint density at radius 2 is 2.00 bits per heavy atom. The summed E-state index contributed by atoms with van der Waals surface area (Å²) in [5.41, 5.74) is 0.132. The molecule has 0 bridgehead atoms. The fraction of sp³-hybridized carbons (Fsp3) is 0.364. The molecule has 1 unspecified atom stereocenters. The monoisotopic (exact) mass is 297 g/mol. The number of hydrogen-bond acceptors (Lipinski definition) is 2. The van der Waals surface area contributed by atoms with Gasteiger partial charge in [0.2, 0.25) is 0 Å². The summed E-state index contributed by atoms with van der Waals surface area (Å²) in [4.78, 5) is 11.2. The van der Waals surface area contributed by atoms with Crippen LogP contribution in [0.3, 0.4) is 0 Å². The number of benzene rings is 1. The Bertz CT molecular complexity index is 664. The molecule has 3 nitrogen and oxygen atoms in total. The highest BCUT2D eigenvalue weighted by Gasteiger charge is 2.48. The molecule has 1 heterocycles. The van der Waals surface area contributed by atoms with E-state index in [2.05, 4.69) is 0 Å². The lowest BCUT2D eigenvalue weighted by Gasteiger charge is -2.21. The van der Waals surface area contributed by atoms with Crippen molar-refractivity contribution in [2.24, 2.45) is 7.05 Å². The average molecular weight is 298 g/mol. The predicted molar refractivity (Wildman–Crippen MR) is 61.0 cm³/mol. The van der Waals surface area contributed by atoms with E-state index in [4.69, 9.17) is 16.0 Å². The van der Waals surface area contributed by atoms with Gasteiger partial charge in [-0.25, -0.2) is 13.6 Å². The number of oxazole rings is 1. The standard InChI is InChI=1S/C11H8ClF4NO2/c1-17-6-3-2-5(4-7(6)19-10(17)18)8(12)11(15,16)9(13)14/h2-4,8-9H,1H3. The van der Waals surface area contributed by atoms with E-state index in [9.17, 15) is 22.4 Å². The molecule has 0 saturated heterocycles. The van der Waals surface area contributed by atoms with Gasteiger partial charge in [-0.3, -0.25) is 4.57 Å². The zero-order valence-corrected chi connectivity index (χ0v) is 10.3. The molecule has 19 heavy (non-hydrogen) atoms. The molecule has 0 fully saturated rings. The third-order valence-corrected chi connectivity index (χ3v) is 3.28. The highest BCUT2D eigenvalue weighted by atomic mass is 35.5. The largest absolute Gasteiger partial charge is 0.419 e. The van der Waals surface area contributed by atoms with Gasteiger partial charge in [-0.1, -0.05) is 6.07 Å². The summed E-state index contributed by atoms with van der Waals surface area (Å²) in [5.74, 6) is -5.05. The second-order valence-corrected chi connectivity index (χ2v) is 4.43.